The van der Waals surface area contributed by atoms with Gasteiger partial charge in [0.1, 0.15) is 0 Å². The predicted octanol–water partition coefficient (Wildman–Crippen LogP) is 4.34. The molecule has 27 heavy (non-hydrogen) atoms. The Kier molecular flexibility index (Phi) is 7.28. The standard InChI is InChI=1S/C23H31N3O/c1-19(16-20-8-4-2-5-9-20)17-26(18-21-12-14-24-15-13-21)23(27)25-22-10-6-3-7-11-22/h2-6,8-9,11,16,21,24H,7,10,12-15,17-18H2,1H3,(H,25,27)/b19-16+. The van der Waals surface area contributed by atoms with Crippen LogP contribution in [-0.2, 0) is 0 Å². The number of hydrogen-bond donors (Lipinski definition) is 2. The van der Waals surface area contributed by atoms with E-state index in [0.717, 1.165) is 51.0 Å². The lowest BCUT2D eigenvalue weighted by Crippen LogP contribution is -2.44. The van der Waals surface area contributed by atoms with E-state index in [-0.39, 0.29) is 6.03 Å². The maximum atomic E-state index is 13.0. The lowest BCUT2D eigenvalue weighted by Gasteiger charge is -2.31. The Morgan fingerprint density at radius 3 is 2.70 bits per heavy atom. The summed E-state index contributed by atoms with van der Waals surface area (Å²) in [7, 11) is 0. The molecule has 0 saturated carbocycles. The summed E-state index contributed by atoms with van der Waals surface area (Å²) in [5, 5.41) is 6.54. The molecule has 0 aromatic heterocycles. The second kappa shape index (κ2) is 10.1. The zero-order valence-corrected chi connectivity index (χ0v) is 16.3. The van der Waals surface area contributed by atoms with Crippen molar-refractivity contribution >= 4 is 12.1 Å². The van der Waals surface area contributed by atoms with Crippen LogP contribution in [0.3, 0.4) is 0 Å². The van der Waals surface area contributed by atoms with E-state index in [9.17, 15) is 4.79 Å². The molecule has 0 unspecified atom stereocenters. The first-order valence-electron chi connectivity index (χ1n) is 10.0. The van der Waals surface area contributed by atoms with Crippen molar-refractivity contribution in [3.8, 4) is 0 Å². The van der Waals surface area contributed by atoms with Crippen molar-refractivity contribution in [3.05, 3.63) is 65.4 Å². The second-order valence-corrected chi connectivity index (χ2v) is 7.55. The van der Waals surface area contributed by atoms with Crippen LogP contribution in [0.1, 0.15) is 38.2 Å². The van der Waals surface area contributed by atoms with Gasteiger partial charge >= 0.3 is 6.03 Å². The molecule has 2 aliphatic rings. The van der Waals surface area contributed by atoms with Crippen LogP contribution >= 0.6 is 0 Å². The number of hydrogen-bond acceptors (Lipinski definition) is 2. The molecule has 2 amide bonds. The average molecular weight is 366 g/mol. The number of amides is 2. The lowest BCUT2D eigenvalue weighted by atomic mass is 9.97. The molecule has 2 N–H and O–H groups in total. The molecule has 1 aliphatic heterocycles. The molecule has 1 aromatic rings. The summed E-state index contributed by atoms with van der Waals surface area (Å²) in [5.41, 5.74) is 3.39. The van der Waals surface area contributed by atoms with E-state index in [4.69, 9.17) is 0 Å². The van der Waals surface area contributed by atoms with Crippen LogP contribution in [-0.4, -0.2) is 37.1 Å². The number of allylic oxidation sites excluding steroid dienone is 3. The molecule has 0 bridgehead atoms. The van der Waals surface area contributed by atoms with E-state index in [1.54, 1.807) is 0 Å². The summed E-state index contributed by atoms with van der Waals surface area (Å²) in [6, 6.07) is 10.3. The Labute approximate surface area is 163 Å². The monoisotopic (exact) mass is 365 g/mol. The topological polar surface area (TPSA) is 44.4 Å². The Balaban J connectivity index is 1.67. The molecule has 3 rings (SSSR count). The maximum absolute atomic E-state index is 13.0. The number of benzene rings is 1. The lowest BCUT2D eigenvalue weighted by molar-refractivity contribution is 0.187. The van der Waals surface area contributed by atoms with E-state index < -0.39 is 0 Å². The summed E-state index contributed by atoms with van der Waals surface area (Å²) in [6.07, 6.45) is 12.5. The van der Waals surface area contributed by atoms with Crippen LogP contribution in [0.5, 0.6) is 0 Å². The van der Waals surface area contributed by atoms with Gasteiger partial charge in [-0.25, -0.2) is 4.79 Å². The number of rotatable bonds is 6. The first-order chi connectivity index (χ1) is 13.2. The molecule has 4 heteroatoms. The van der Waals surface area contributed by atoms with Gasteiger partial charge < -0.3 is 15.5 Å². The summed E-state index contributed by atoms with van der Waals surface area (Å²) in [5.74, 6) is 0.571. The van der Waals surface area contributed by atoms with Gasteiger partial charge in [0.05, 0.1) is 0 Å². The molecule has 1 heterocycles. The van der Waals surface area contributed by atoms with Crippen LogP contribution in [0, 0.1) is 5.92 Å². The molecule has 0 spiro atoms. The van der Waals surface area contributed by atoms with Gasteiger partial charge in [-0.2, -0.15) is 0 Å². The number of urea groups is 1. The van der Waals surface area contributed by atoms with Crippen molar-refractivity contribution in [2.24, 2.45) is 5.92 Å². The van der Waals surface area contributed by atoms with Crippen LogP contribution < -0.4 is 10.6 Å². The highest BCUT2D eigenvalue weighted by atomic mass is 16.2. The second-order valence-electron chi connectivity index (χ2n) is 7.55. The zero-order chi connectivity index (χ0) is 18.9. The summed E-state index contributed by atoms with van der Waals surface area (Å²) < 4.78 is 0. The summed E-state index contributed by atoms with van der Waals surface area (Å²) in [6.45, 7) is 5.69. The van der Waals surface area contributed by atoms with Crippen molar-refractivity contribution < 1.29 is 4.79 Å². The van der Waals surface area contributed by atoms with Gasteiger partial charge in [-0.3, -0.25) is 0 Å². The van der Waals surface area contributed by atoms with Gasteiger partial charge in [-0.05, 0) is 50.8 Å². The zero-order valence-electron chi connectivity index (χ0n) is 16.3. The van der Waals surface area contributed by atoms with Crippen molar-refractivity contribution in [2.75, 3.05) is 26.2 Å². The molecule has 4 nitrogen and oxygen atoms in total. The smallest absolute Gasteiger partial charge is 0.320 e. The van der Waals surface area contributed by atoms with E-state index >= 15 is 0 Å². The fourth-order valence-corrected chi connectivity index (χ4v) is 3.69. The van der Waals surface area contributed by atoms with E-state index in [0.29, 0.717) is 12.5 Å². The minimum atomic E-state index is 0.0240. The molecule has 1 aromatic carbocycles. The number of nitrogens with zero attached hydrogens (tertiary/aromatic N) is 1. The quantitative estimate of drug-likeness (QED) is 0.737. The largest absolute Gasteiger partial charge is 0.321 e. The van der Waals surface area contributed by atoms with E-state index in [1.165, 1.54) is 11.1 Å². The molecule has 0 atom stereocenters. The van der Waals surface area contributed by atoms with Crippen molar-refractivity contribution in [2.45, 2.75) is 32.6 Å². The molecule has 1 saturated heterocycles. The Hall–Kier alpha value is -2.33. The molecule has 0 radical (unpaired) electrons. The highest BCUT2D eigenvalue weighted by Crippen LogP contribution is 2.17. The molecule has 144 valence electrons. The van der Waals surface area contributed by atoms with E-state index in [1.807, 2.05) is 23.1 Å². The minimum absolute atomic E-state index is 0.0240. The maximum Gasteiger partial charge on any atom is 0.321 e. The Morgan fingerprint density at radius 1 is 1.22 bits per heavy atom. The highest BCUT2D eigenvalue weighted by molar-refractivity contribution is 5.76. The SMILES string of the molecule is C/C(=C\c1ccccc1)CN(CC1CCNCC1)C(=O)NC1=CCC=CC1. The van der Waals surface area contributed by atoms with Gasteiger partial charge in [-0.1, -0.05) is 60.2 Å². The third kappa shape index (κ3) is 6.40. The first kappa shape index (κ1) is 19.4. The van der Waals surface area contributed by atoms with Gasteiger partial charge in [0, 0.05) is 25.2 Å². The average Bonchev–Trinajstić information content (AvgIpc) is 2.70. The Bertz CT molecular complexity index is 700. The molecular weight excluding hydrogens is 334 g/mol. The van der Waals surface area contributed by atoms with Crippen LogP contribution in [0.25, 0.3) is 6.08 Å². The van der Waals surface area contributed by atoms with E-state index in [2.05, 4.69) is 54.0 Å². The fourth-order valence-electron chi connectivity index (χ4n) is 3.69. The third-order valence-corrected chi connectivity index (χ3v) is 5.15. The van der Waals surface area contributed by atoms with Crippen LogP contribution in [0.4, 0.5) is 4.79 Å². The van der Waals surface area contributed by atoms with Crippen molar-refractivity contribution in [1.29, 1.82) is 0 Å². The normalized spacial score (nSPS) is 18.1. The molecular formula is C23H31N3O. The van der Waals surface area contributed by atoms with Crippen LogP contribution in [0.2, 0.25) is 0 Å². The third-order valence-electron chi connectivity index (χ3n) is 5.15. The molecule has 1 aliphatic carbocycles. The van der Waals surface area contributed by atoms with Gasteiger partial charge in [0.2, 0.25) is 0 Å². The fraction of sp³-hybridized carbons (Fsp3) is 0.435. The minimum Gasteiger partial charge on any atom is -0.320 e. The number of carbonyl (C=O) groups excluding carboxylic acids is 1. The van der Waals surface area contributed by atoms with Crippen LogP contribution in [0.15, 0.2) is 59.8 Å². The van der Waals surface area contributed by atoms with Gasteiger partial charge in [0.25, 0.3) is 0 Å². The highest BCUT2D eigenvalue weighted by Gasteiger charge is 2.21. The number of piperidine rings is 1. The number of carbonyl (C=O) groups is 1. The first-order valence-corrected chi connectivity index (χ1v) is 10.0. The van der Waals surface area contributed by atoms with Crippen molar-refractivity contribution in [1.82, 2.24) is 15.5 Å². The number of nitrogens with one attached hydrogen (secondary N) is 2. The summed E-state index contributed by atoms with van der Waals surface area (Å²) >= 11 is 0. The Morgan fingerprint density at radius 2 is 2.00 bits per heavy atom. The summed E-state index contributed by atoms with van der Waals surface area (Å²) in [4.78, 5) is 15.0. The van der Waals surface area contributed by atoms with Gasteiger partial charge in [-0.15, -0.1) is 0 Å². The van der Waals surface area contributed by atoms with Gasteiger partial charge in [0.15, 0.2) is 0 Å². The van der Waals surface area contributed by atoms with Crippen molar-refractivity contribution in [3.63, 3.8) is 0 Å². The predicted molar refractivity (Wildman–Crippen MR) is 112 cm³/mol. The molecule has 1 fully saturated rings.